The molecule has 0 saturated carbocycles. The monoisotopic (exact) mass is 356 g/mol. The maximum Gasteiger partial charge on any atom is 0.307 e. The van der Waals surface area contributed by atoms with Gasteiger partial charge in [-0.05, 0) is 70.7 Å². The number of carboxylic acid groups (broad SMARTS) is 1. The molecule has 2 aromatic carbocycles. The maximum absolute atomic E-state index is 13.7. The Bertz CT molecular complexity index is 940. The first-order valence-electron chi connectivity index (χ1n) is 7.74. The van der Waals surface area contributed by atoms with Crippen molar-refractivity contribution in [3.05, 3.63) is 70.5 Å². The van der Waals surface area contributed by atoms with Gasteiger partial charge in [0.25, 0.3) is 0 Å². The molecule has 25 heavy (non-hydrogen) atoms. The average molecular weight is 356 g/mol. The maximum atomic E-state index is 13.7. The zero-order valence-electron chi connectivity index (χ0n) is 13.9. The highest BCUT2D eigenvalue weighted by molar-refractivity contribution is 7.84. The SMILES string of the molecule is CC1=C(CC(=O)O)c2ccc(F)cc2/C1=C\c1ccc(S(C)=O)cc1. The van der Waals surface area contributed by atoms with Gasteiger partial charge in [-0.15, -0.1) is 0 Å². The molecule has 2 aromatic rings. The zero-order valence-corrected chi connectivity index (χ0v) is 14.7. The first-order chi connectivity index (χ1) is 11.9. The Balaban J connectivity index is 2.11. The number of hydrogen-bond acceptors (Lipinski definition) is 2. The molecule has 1 unspecified atom stereocenters. The number of fused-ring (bicyclic) bond motifs is 1. The van der Waals surface area contributed by atoms with Crippen LogP contribution < -0.4 is 0 Å². The smallest absolute Gasteiger partial charge is 0.307 e. The van der Waals surface area contributed by atoms with Crippen LogP contribution >= 0.6 is 0 Å². The molecule has 1 atom stereocenters. The molecule has 3 rings (SSSR count). The third-order valence-corrected chi connectivity index (χ3v) is 5.24. The molecule has 0 spiro atoms. The second kappa shape index (κ2) is 6.76. The molecule has 0 aliphatic heterocycles. The van der Waals surface area contributed by atoms with Crippen LogP contribution in [0.15, 0.2) is 52.9 Å². The van der Waals surface area contributed by atoms with E-state index in [0.29, 0.717) is 11.1 Å². The quantitative estimate of drug-likeness (QED) is 0.885. The molecule has 128 valence electrons. The summed E-state index contributed by atoms with van der Waals surface area (Å²) in [6.07, 6.45) is 3.43. The van der Waals surface area contributed by atoms with Crippen molar-refractivity contribution < 1.29 is 18.5 Å². The predicted molar refractivity (Wildman–Crippen MR) is 97.9 cm³/mol. The van der Waals surface area contributed by atoms with Crippen LogP contribution in [0, 0.1) is 5.82 Å². The Morgan fingerprint density at radius 2 is 1.84 bits per heavy atom. The summed E-state index contributed by atoms with van der Waals surface area (Å²) in [5, 5.41) is 9.17. The topological polar surface area (TPSA) is 54.4 Å². The van der Waals surface area contributed by atoms with Crippen molar-refractivity contribution in [3.63, 3.8) is 0 Å². The van der Waals surface area contributed by atoms with Crippen molar-refractivity contribution in [3.8, 4) is 0 Å². The lowest BCUT2D eigenvalue weighted by atomic mass is 10.0. The van der Waals surface area contributed by atoms with Gasteiger partial charge < -0.3 is 5.11 Å². The van der Waals surface area contributed by atoms with E-state index >= 15 is 0 Å². The van der Waals surface area contributed by atoms with Gasteiger partial charge in [-0.3, -0.25) is 9.00 Å². The largest absolute Gasteiger partial charge is 0.481 e. The lowest BCUT2D eigenvalue weighted by Gasteiger charge is -2.05. The molecule has 1 aliphatic rings. The third-order valence-electron chi connectivity index (χ3n) is 4.30. The van der Waals surface area contributed by atoms with E-state index in [1.165, 1.54) is 12.1 Å². The van der Waals surface area contributed by atoms with Crippen molar-refractivity contribution in [1.82, 2.24) is 0 Å². The van der Waals surface area contributed by atoms with Gasteiger partial charge in [-0.1, -0.05) is 18.2 Å². The van der Waals surface area contributed by atoms with E-state index in [9.17, 15) is 18.5 Å². The van der Waals surface area contributed by atoms with E-state index < -0.39 is 16.8 Å². The van der Waals surface area contributed by atoms with Gasteiger partial charge in [0, 0.05) is 22.0 Å². The number of carboxylic acids is 1. The molecule has 1 aliphatic carbocycles. The summed E-state index contributed by atoms with van der Waals surface area (Å²) < 4.78 is 25.2. The molecule has 0 aromatic heterocycles. The normalized spacial score (nSPS) is 16.2. The standard InChI is InChI=1S/C20H17FO3S/c1-12-17(9-13-3-6-15(7-4-13)25(2)24)19-10-14(21)5-8-16(19)18(12)11-20(22)23/h3-10H,11H2,1-2H3,(H,22,23)/b17-9-. The fourth-order valence-corrected chi connectivity index (χ4v) is 3.58. The molecule has 3 nitrogen and oxygen atoms in total. The Morgan fingerprint density at radius 1 is 1.16 bits per heavy atom. The predicted octanol–water partition coefficient (Wildman–Crippen LogP) is 4.37. The number of hydrogen-bond donors (Lipinski definition) is 1. The van der Waals surface area contributed by atoms with Crippen LogP contribution in [0.25, 0.3) is 17.2 Å². The van der Waals surface area contributed by atoms with E-state index in [4.69, 9.17) is 0 Å². The Labute approximate surface area is 148 Å². The fourth-order valence-electron chi connectivity index (χ4n) is 3.06. The second-order valence-corrected chi connectivity index (χ2v) is 7.32. The Kier molecular flexibility index (Phi) is 4.68. The molecule has 0 amide bonds. The molecule has 0 radical (unpaired) electrons. The Morgan fingerprint density at radius 3 is 2.44 bits per heavy atom. The molecule has 5 heteroatoms. The summed E-state index contributed by atoms with van der Waals surface area (Å²) in [6.45, 7) is 1.86. The fraction of sp³-hybridized carbons (Fsp3) is 0.150. The minimum atomic E-state index is -1.04. The number of carbonyl (C=O) groups is 1. The van der Waals surface area contributed by atoms with E-state index in [2.05, 4.69) is 0 Å². The summed E-state index contributed by atoms with van der Waals surface area (Å²) in [5.41, 5.74) is 4.72. The molecular formula is C20H17FO3S. The van der Waals surface area contributed by atoms with Crippen LogP contribution in [0.4, 0.5) is 4.39 Å². The van der Waals surface area contributed by atoms with Crippen LogP contribution in [-0.4, -0.2) is 21.5 Å². The van der Waals surface area contributed by atoms with Crippen molar-refractivity contribution in [1.29, 1.82) is 0 Å². The molecular weight excluding hydrogens is 339 g/mol. The highest BCUT2D eigenvalue weighted by Crippen LogP contribution is 2.43. The van der Waals surface area contributed by atoms with Crippen molar-refractivity contribution in [2.24, 2.45) is 0 Å². The van der Waals surface area contributed by atoms with Gasteiger partial charge in [0.05, 0.1) is 6.42 Å². The van der Waals surface area contributed by atoms with Crippen LogP contribution in [0.1, 0.15) is 30.0 Å². The Hall–Kier alpha value is -2.53. The minimum absolute atomic E-state index is 0.102. The van der Waals surface area contributed by atoms with Crippen LogP contribution in [0.5, 0.6) is 0 Å². The summed E-state index contributed by atoms with van der Waals surface area (Å²) in [4.78, 5) is 11.9. The molecule has 0 heterocycles. The first kappa shape index (κ1) is 17.3. The number of benzene rings is 2. The number of halogens is 1. The number of aliphatic carboxylic acids is 1. The summed E-state index contributed by atoms with van der Waals surface area (Å²) >= 11 is 0. The highest BCUT2D eigenvalue weighted by Gasteiger charge is 2.25. The van der Waals surface area contributed by atoms with Gasteiger partial charge in [0.15, 0.2) is 0 Å². The second-order valence-electron chi connectivity index (χ2n) is 5.95. The van der Waals surface area contributed by atoms with Gasteiger partial charge in [0.1, 0.15) is 5.82 Å². The summed E-state index contributed by atoms with van der Waals surface area (Å²) in [5.74, 6) is -1.27. The van der Waals surface area contributed by atoms with E-state index in [1.54, 1.807) is 24.5 Å². The van der Waals surface area contributed by atoms with Crippen LogP contribution in [0.3, 0.4) is 0 Å². The minimum Gasteiger partial charge on any atom is -0.481 e. The van der Waals surface area contributed by atoms with Crippen molar-refractivity contribution >= 4 is 34.0 Å². The molecule has 1 N–H and O–H groups in total. The van der Waals surface area contributed by atoms with Crippen LogP contribution in [0.2, 0.25) is 0 Å². The van der Waals surface area contributed by atoms with E-state index in [-0.39, 0.29) is 12.2 Å². The number of rotatable bonds is 4. The summed E-state index contributed by atoms with van der Waals surface area (Å²) in [6, 6.07) is 11.7. The van der Waals surface area contributed by atoms with Gasteiger partial charge in [0.2, 0.25) is 0 Å². The summed E-state index contributed by atoms with van der Waals surface area (Å²) in [7, 11) is -1.04. The first-order valence-corrected chi connectivity index (χ1v) is 9.30. The molecule has 0 bridgehead atoms. The van der Waals surface area contributed by atoms with Gasteiger partial charge >= 0.3 is 5.97 Å². The third kappa shape index (κ3) is 3.46. The van der Waals surface area contributed by atoms with Crippen molar-refractivity contribution in [2.45, 2.75) is 18.2 Å². The van der Waals surface area contributed by atoms with E-state index in [1.807, 2.05) is 25.1 Å². The zero-order chi connectivity index (χ0) is 18.1. The lowest BCUT2D eigenvalue weighted by molar-refractivity contribution is -0.135. The van der Waals surface area contributed by atoms with E-state index in [0.717, 1.165) is 27.2 Å². The number of allylic oxidation sites excluding steroid dienone is 2. The van der Waals surface area contributed by atoms with Gasteiger partial charge in [-0.25, -0.2) is 4.39 Å². The highest BCUT2D eigenvalue weighted by atomic mass is 32.2. The van der Waals surface area contributed by atoms with Crippen molar-refractivity contribution in [2.75, 3.05) is 6.26 Å². The average Bonchev–Trinajstić information content (AvgIpc) is 2.80. The molecule has 0 saturated heterocycles. The molecule has 0 fully saturated rings. The van der Waals surface area contributed by atoms with Gasteiger partial charge in [-0.2, -0.15) is 0 Å². The lowest BCUT2D eigenvalue weighted by Crippen LogP contribution is -1.96. The van der Waals surface area contributed by atoms with Crippen LogP contribution in [-0.2, 0) is 15.6 Å².